The average Bonchev–Trinajstić information content (AvgIpc) is 3.07. The van der Waals surface area contributed by atoms with Crippen LogP contribution in [0.5, 0.6) is 0 Å². The topological polar surface area (TPSA) is 79.4 Å². The molecule has 1 atom stereocenters. The minimum absolute atomic E-state index is 0.0467. The lowest BCUT2D eigenvalue weighted by atomic mass is 10.0. The summed E-state index contributed by atoms with van der Waals surface area (Å²) in [6, 6.07) is 12.2. The largest absolute Gasteiger partial charge is 0.332 e. The van der Waals surface area contributed by atoms with Crippen LogP contribution in [0.4, 0.5) is 14.5 Å². The number of likely N-dealkylation sites (tertiary alicyclic amines) is 1. The highest BCUT2D eigenvalue weighted by molar-refractivity contribution is 7.92. The highest BCUT2D eigenvalue weighted by Crippen LogP contribution is 2.31. The summed E-state index contributed by atoms with van der Waals surface area (Å²) < 4.78 is 53.9. The summed E-state index contributed by atoms with van der Waals surface area (Å²) in [6.07, 6.45) is 7.30. The fourth-order valence-corrected chi connectivity index (χ4v) is 5.06. The first-order valence-corrected chi connectivity index (χ1v) is 12.1. The second-order valence-electron chi connectivity index (χ2n) is 7.90. The van der Waals surface area contributed by atoms with Crippen LogP contribution in [0, 0.1) is 11.6 Å². The van der Waals surface area contributed by atoms with E-state index in [2.05, 4.69) is 9.71 Å². The van der Waals surface area contributed by atoms with Gasteiger partial charge in [-0.2, -0.15) is 0 Å². The maximum Gasteiger partial charge on any atom is 0.261 e. The normalized spacial score (nSPS) is 16.8. The SMILES string of the molecule is O=C(c1ccc(NS(=O)(=O)c2ccc(F)c(F)c2)cc1)N1CCCCCC1c1ccncc1. The monoisotopic (exact) mass is 471 g/mol. The van der Waals surface area contributed by atoms with Gasteiger partial charge in [0.2, 0.25) is 0 Å². The standard InChI is InChI=1S/C24H23F2N3O3S/c25-21-10-9-20(16-22(21)26)33(31,32)28-19-7-5-18(6-8-19)24(30)29-15-3-1-2-4-23(29)17-11-13-27-14-12-17/h5-14,16,23,28H,1-4,15H2. The van der Waals surface area contributed by atoms with Crippen molar-refractivity contribution < 1.29 is 22.0 Å². The van der Waals surface area contributed by atoms with E-state index in [4.69, 9.17) is 0 Å². The number of benzene rings is 2. The molecule has 9 heteroatoms. The van der Waals surface area contributed by atoms with Gasteiger partial charge in [0.1, 0.15) is 0 Å². The number of hydrogen-bond donors (Lipinski definition) is 1. The Bertz CT molecular complexity index is 1240. The van der Waals surface area contributed by atoms with E-state index in [-0.39, 0.29) is 17.6 Å². The summed E-state index contributed by atoms with van der Waals surface area (Å²) in [4.78, 5) is 18.8. The van der Waals surface area contributed by atoms with Crippen molar-refractivity contribution in [3.05, 3.63) is 89.8 Å². The molecule has 3 aromatic rings. The number of amides is 1. The van der Waals surface area contributed by atoms with Crippen LogP contribution in [0.2, 0.25) is 0 Å². The zero-order valence-corrected chi connectivity index (χ0v) is 18.6. The fourth-order valence-electron chi connectivity index (χ4n) is 3.99. The molecular formula is C24H23F2N3O3S. The molecule has 1 fully saturated rings. The first-order valence-electron chi connectivity index (χ1n) is 10.6. The number of nitrogens with zero attached hydrogens (tertiary/aromatic N) is 2. The summed E-state index contributed by atoms with van der Waals surface area (Å²) in [5.74, 6) is -2.51. The molecule has 6 nitrogen and oxygen atoms in total. The molecule has 0 radical (unpaired) electrons. The number of nitrogens with one attached hydrogen (secondary N) is 1. The molecule has 1 saturated heterocycles. The van der Waals surface area contributed by atoms with Crippen molar-refractivity contribution in [2.75, 3.05) is 11.3 Å². The van der Waals surface area contributed by atoms with Gasteiger partial charge in [-0.15, -0.1) is 0 Å². The van der Waals surface area contributed by atoms with Crippen LogP contribution in [0.3, 0.4) is 0 Å². The van der Waals surface area contributed by atoms with Crippen molar-refractivity contribution in [1.29, 1.82) is 0 Å². The molecule has 2 heterocycles. The zero-order chi connectivity index (χ0) is 23.4. The van der Waals surface area contributed by atoms with Crippen molar-refractivity contribution in [1.82, 2.24) is 9.88 Å². The Morgan fingerprint density at radius 3 is 2.36 bits per heavy atom. The van der Waals surface area contributed by atoms with Gasteiger partial charge in [-0.3, -0.25) is 14.5 Å². The summed E-state index contributed by atoms with van der Waals surface area (Å²) in [5, 5.41) is 0. The van der Waals surface area contributed by atoms with E-state index in [1.807, 2.05) is 17.0 Å². The third-order valence-electron chi connectivity index (χ3n) is 5.69. The lowest BCUT2D eigenvalue weighted by molar-refractivity contribution is 0.0681. The van der Waals surface area contributed by atoms with Gasteiger partial charge in [0.05, 0.1) is 10.9 Å². The first kappa shape index (κ1) is 22.8. The van der Waals surface area contributed by atoms with Gasteiger partial charge < -0.3 is 4.90 Å². The van der Waals surface area contributed by atoms with E-state index < -0.39 is 26.6 Å². The lowest BCUT2D eigenvalue weighted by Crippen LogP contribution is -2.34. The Kier molecular flexibility index (Phi) is 6.69. The quantitative estimate of drug-likeness (QED) is 0.573. The van der Waals surface area contributed by atoms with Gasteiger partial charge in [-0.1, -0.05) is 12.8 Å². The summed E-state index contributed by atoms with van der Waals surface area (Å²) in [7, 11) is -4.11. The van der Waals surface area contributed by atoms with Gasteiger partial charge in [0.15, 0.2) is 11.6 Å². The third-order valence-corrected chi connectivity index (χ3v) is 7.07. The number of hydrogen-bond acceptors (Lipinski definition) is 4. The smallest absolute Gasteiger partial charge is 0.261 e. The van der Waals surface area contributed by atoms with Crippen LogP contribution in [0.15, 0.2) is 71.9 Å². The third kappa shape index (κ3) is 5.19. The predicted octanol–water partition coefficient (Wildman–Crippen LogP) is 4.92. The molecular weight excluding hydrogens is 448 g/mol. The Morgan fingerprint density at radius 1 is 0.939 bits per heavy atom. The van der Waals surface area contributed by atoms with Crippen LogP contribution < -0.4 is 4.72 Å². The number of carbonyl (C=O) groups excluding carboxylic acids is 1. The van der Waals surface area contributed by atoms with Gasteiger partial charge >= 0.3 is 0 Å². The number of aromatic nitrogens is 1. The van der Waals surface area contributed by atoms with Gasteiger partial charge in [-0.25, -0.2) is 17.2 Å². The van der Waals surface area contributed by atoms with Crippen LogP contribution >= 0.6 is 0 Å². The molecule has 1 aliphatic rings. The summed E-state index contributed by atoms with van der Waals surface area (Å²) in [5.41, 5.74) is 1.68. The van der Waals surface area contributed by atoms with E-state index in [9.17, 15) is 22.0 Å². The van der Waals surface area contributed by atoms with E-state index in [0.717, 1.165) is 43.4 Å². The number of carbonyl (C=O) groups is 1. The molecule has 1 aliphatic heterocycles. The molecule has 0 spiro atoms. The van der Waals surface area contributed by atoms with Crippen LogP contribution in [0.25, 0.3) is 0 Å². The average molecular weight is 472 g/mol. The lowest BCUT2D eigenvalue weighted by Gasteiger charge is -2.30. The zero-order valence-electron chi connectivity index (χ0n) is 17.7. The fraction of sp³-hybridized carbons (Fsp3) is 0.250. The Morgan fingerprint density at radius 2 is 1.67 bits per heavy atom. The van der Waals surface area contributed by atoms with Gasteiger partial charge in [0.25, 0.3) is 15.9 Å². The van der Waals surface area contributed by atoms with Crippen LogP contribution in [-0.4, -0.2) is 30.8 Å². The van der Waals surface area contributed by atoms with E-state index >= 15 is 0 Å². The van der Waals surface area contributed by atoms with E-state index in [1.54, 1.807) is 24.5 Å². The van der Waals surface area contributed by atoms with Crippen molar-refractivity contribution in [3.8, 4) is 0 Å². The molecule has 1 aromatic heterocycles. The minimum atomic E-state index is -4.11. The second-order valence-corrected chi connectivity index (χ2v) is 9.59. The highest BCUT2D eigenvalue weighted by Gasteiger charge is 2.27. The molecule has 0 aliphatic carbocycles. The summed E-state index contributed by atoms with van der Waals surface area (Å²) >= 11 is 0. The molecule has 172 valence electrons. The maximum absolute atomic E-state index is 13.4. The maximum atomic E-state index is 13.4. The number of rotatable bonds is 5. The molecule has 1 N–H and O–H groups in total. The number of pyridine rings is 1. The molecule has 0 saturated carbocycles. The summed E-state index contributed by atoms with van der Waals surface area (Å²) in [6.45, 7) is 0.635. The van der Waals surface area contributed by atoms with Crippen molar-refractivity contribution in [2.45, 2.75) is 36.6 Å². The Labute approximate surface area is 191 Å². The Hall–Kier alpha value is -3.33. The molecule has 1 amide bonds. The first-order chi connectivity index (χ1) is 15.8. The molecule has 2 aromatic carbocycles. The number of halogens is 2. The Balaban J connectivity index is 1.53. The van der Waals surface area contributed by atoms with Gasteiger partial charge in [-0.05, 0) is 73.0 Å². The molecule has 4 rings (SSSR count). The van der Waals surface area contributed by atoms with Crippen LogP contribution in [-0.2, 0) is 10.0 Å². The number of sulfonamides is 1. The molecule has 0 bridgehead atoms. The highest BCUT2D eigenvalue weighted by atomic mass is 32.2. The van der Waals surface area contributed by atoms with E-state index in [0.29, 0.717) is 18.2 Å². The number of anilines is 1. The van der Waals surface area contributed by atoms with Crippen molar-refractivity contribution in [3.63, 3.8) is 0 Å². The van der Waals surface area contributed by atoms with Crippen molar-refractivity contribution >= 4 is 21.6 Å². The predicted molar refractivity (Wildman–Crippen MR) is 120 cm³/mol. The molecule has 33 heavy (non-hydrogen) atoms. The minimum Gasteiger partial charge on any atom is -0.332 e. The second kappa shape index (κ2) is 9.66. The van der Waals surface area contributed by atoms with Crippen molar-refractivity contribution in [2.24, 2.45) is 0 Å². The van der Waals surface area contributed by atoms with Gasteiger partial charge in [0, 0.05) is 30.2 Å². The van der Waals surface area contributed by atoms with E-state index in [1.165, 1.54) is 12.1 Å². The molecule has 1 unspecified atom stereocenters. The van der Waals surface area contributed by atoms with Crippen LogP contribution in [0.1, 0.15) is 47.6 Å².